The van der Waals surface area contributed by atoms with Crippen molar-refractivity contribution in [3.8, 4) is 0 Å². The molecule has 0 aromatic rings. The first-order chi connectivity index (χ1) is 5.10. The van der Waals surface area contributed by atoms with E-state index in [0.717, 1.165) is 10.2 Å². The predicted molar refractivity (Wildman–Crippen MR) is 45.2 cm³/mol. The molecular weight excluding hydrogens is 166 g/mol. The van der Waals surface area contributed by atoms with Crippen LogP contribution in [0.5, 0.6) is 0 Å². The molecule has 0 aliphatic carbocycles. The van der Waals surface area contributed by atoms with Crippen LogP contribution in [0.1, 0.15) is 0 Å². The van der Waals surface area contributed by atoms with Gasteiger partial charge in [-0.2, -0.15) is 0 Å². The quantitative estimate of drug-likeness (QED) is 0.286. The average molecular weight is 183 g/mol. The maximum atomic E-state index is 8.34. The number of nitrogens with two attached hydrogens (primary N) is 1. The Balaban J connectivity index is 0. The maximum Gasteiger partial charge on any atom is 0.0856 e. The van der Waals surface area contributed by atoms with Gasteiger partial charge in [-0.15, -0.1) is 0 Å². The summed E-state index contributed by atoms with van der Waals surface area (Å²) in [4.78, 5) is 0. The lowest BCUT2D eigenvalue weighted by atomic mass is 10.1. The van der Waals surface area contributed by atoms with Crippen molar-refractivity contribution in [3.05, 3.63) is 0 Å². The number of hydrogen-bond acceptors (Lipinski definition) is 5. The van der Waals surface area contributed by atoms with Crippen molar-refractivity contribution in [2.45, 2.75) is 5.54 Å². The van der Waals surface area contributed by atoms with Gasteiger partial charge in [0.2, 0.25) is 0 Å². The second-order valence-electron chi connectivity index (χ2n) is 2.15. The van der Waals surface area contributed by atoms with Crippen molar-refractivity contribution in [2.24, 2.45) is 5.73 Å². The Kier molecular flexibility index (Phi) is 10.0. The van der Waals surface area contributed by atoms with Crippen LogP contribution in [0, 0.1) is 0 Å². The smallest absolute Gasteiger partial charge is 0.0856 e. The zero-order valence-electron chi connectivity index (χ0n) is 6.69. The molecule has 0 spiro atoms. The molecule has 6 N–H and O–H groups in total. The van der Waals surface area contributed by atoms with Crippen molar-refractivity contribution >= 4 is 10.2 Å². The Hall–Kier alpha value is 0.0169. The van der Waals surface area contributed by atoms with Crippen LogP contribution in [-0.4, -0.2) is 62.3 Å². The standard InChI is InChI=1S/C4H11NO3.CH6OSi/c5-4(1-6,2-7)3-8;2-1-3/h6-8H,1-3,5H2;2H,1H2,3H3. The van der Waals surface area contributed by atoms with Gasteiger partial charge in [0, 0.05) is 16.5 Å². The molecule has 0 unspecified atom stereocenters. The zero-order valence-corrected chi connectivity index (χ0v) is 8.69. The molecule has 0 fully saturated rings. The molecule has 5 nitrogen and oxygen atoms in total. The van der Waals surface area contributed by atoms with E-state index in [1.807, 2.05) is 0 Å². The van der Waals surface area contributed by atoms with E-state index in [9.17, 15) is 0 Å². The van der Waals surface area contributed by atoms with Crippen molar-refractivity contribution in [3.63, 3.8) is 0 Å². The molecule has 0 saturated carbocycles. The summed E-state index contributed by atoms with van der Waals surface area (Å²) >= 11 is 0. The van der Waals surface area contributed by atoms with E-state index in [-0.39, 0.29) is 0 Å². The number of rotatable bonds is 3. The van der Waals surface area contributed by atoms with Crippen molar-refractivity contribution < 1.29 is 20.4 Å². The molecule has 6 heteroatoms. The summed E-state index contributed by atoms with van der Waals surface area (Å²) in [5.74, 6) is 0. The average Bonchev–Trinajstić information content (AvgIpc) is 2.05. The fraction of sp³-hybridized carbons (Fsp3) is 1.00. The minimum Gasteiger partial charge on any atom is -0.401 e. The summed E-state index contributed by atoms with van der Waals surface area (Å²) in [6.07, 6.45) is 0.389. The van der Waals surface area contributed by atoms with Gasteiger partial charge in [0.05, 0.1) is 25.4 Å². The highest BCUT2D eigenvalue weighted by molar-refractivity contribution is 6.07. The summed E-state index contributed by atoms with van der Waals surface area (Å²) in [5, 5.41) is 32.7. The third-order valence-corrected chi connectivity index (χ3v) is 0.945. The highest BCUT2D eigenvalue weighted by atomic mass is 28.1. The molecular formula is C5H17NO4Si. The Bertz CT molecular complexity index is 70.6. The van der Waals surface area contributed by atoms with Gasteiger partial charge in [0.25, 0.3) is 0 Å². The van der Waals surface area contributed by atoms with Crippen LogP contribution in [0.4, 0.5) is 0 Å². The number of hydrogen-bond donors (Lipinski definition) is 5. The first-order valence-electron chi connectivity index (χ1n) is 3.32. The Labute approximate surface area is 68.9 Å². The summed E-state index contributed by atoms with van der Waals surface area (Å²) in [6.45, 7) is -1.21. The van der Waals surface area contributed by atoms with Gasteiger partial charge in [-0.05, 0) is 0 Å². The second-order valence-corrected chi connectivity index (χ2v) is 2.79. The lowest BCUT2D eigenvalue weighted by Gasteiger charge is -2.20. The van der Waals surface area contributed by atoms with Crippen LogP contribution in [0.15, 0.2) is 0 Å². The normalized spacial score (nSPS) is 10.6. The SMILES string of the molecule is NC(CO)(CO)CO.OC[SiH3]. The molecule has 0 saturated heterocycles. The van der Waals surface area contributed by atoms with E-state index in [4.69, 9.17) is 26.2 Å². The van der Waals surface area contributed by atoms with Crippen LogP contribution >= 0.6 is 0 Å². The molecule has 0 aromatic heterocycles. The van der Waals surface area contributed by atoms with Gasteiger partial charge >= 0.3 is 0 Å². The van der Waals surface area contributed by atoms with Gasteiger partial charge in [-0.25, -0.2) is 0 Å². The Morgan fingerprint density at radius 2 is 1.18 bits per heavy atom. The molecule has 11 heavy (non-hydrogen) atoms. The van der Waals surface area contributed by atoms with Gasteiger partial charge in [0.1, 0.15) is 0 Å². The molecule has 70 valence electrons. The summed E-state index contributed by atoms with van der Waals surface area (Å²) in [5.41, 5.74) is 3.94. The van der Waals surface area contributed by atoms with Crippen molar-refractivity contribution in [2.75, 3.05) is 26.1 Å². The van der Waals surface area contributed by atoms with Gasteiger partial charge in [-0.3, -0.25) is 0 Å². The number of aliphatic hydroxyl groups is 4. The zero-order chi connectivity index (χ0) is 9.33. The summed E-state index contributed by atoms with van der Waals surface area (Å²) < 4.78 is 0. The maximum absolute atomic E-state index is 8.34. The molecule has 0 aromatic carbocycles. The molecule has 0 atom stereocenters. The lowest BCUT2D eigenvalue weighted by Crippen LogP contribution is -2.50. The van der Waals surface area contributed by atoms with Crippen LogP contribution in [-0.2, 0) is 0 Å². The third kappa shape index (κ3) is 7.92. The summed E-state index contributed by atoms with van der Waals surface area (Å²) in [6, 6.07) is 0. The fourth-order valence-electron chi connectivity index (χ4n) is 0.150. The number of aliphatic hydroxyl groups excluding tert-OH is 4. The highest BCUT2D eigenvalue weighted by Crippen LogP contribution is 1.93. The van der Waals surface area contributed by atoms with Crippen molar-refractivity contribution in [1.82, 2.24) is 0 Å². The Morgan fingerprint density at radius 1 is 1.00 bits per heavy atom. The van der Waals surface area contributed by atoms with E-state index in [0.29, 0.717) is 6.23 Å². The summed E-state index contributed by atoms with van der Waals surface area (Å²) in [7, 11) is 0.924. The minimum atomic E-state index is -1.21. The minimum absolute atomic E-state index is 0.389. The first-order valence-corrected chi connectivity index (χ1v) is 4.74. The monoisotopic (exact) mass is 183 g/mol. The van der Waals surface area contributed by atoms with E-state index in [1.165, 1.54) is 0 Å². The van der Waals surface area contributed by atoms with Crippen LogP contribution < -0.4 is 5.73 Å². The second kappa shape index (κ2) is 8.12. The van der Waals surface area contributed by atoms with Crippen molar-refractivity contribution in [1.29, 1.82) is 0 Å². The third-order valence-electron chi connectivity index (χ3n) is 0.945. The molecule has 0 heterocycles. The topological polar surface area (TPSA) is 107 Å². The van der Waals surface area contributed by atoms with E-state index in [2.05, 4.69) is 0 Å². The largest absolute Gasteiger partial charge is 0.401 e. The molecule has 0 aliphatic rings. The highest BCUT2D eigenvalue weighted by Gasteiger charge is 2.20. The van der Waals surface area contributed by atoms with Crippen LogP contribution in [0.3, 0.4) is 0 Å². The van der Waals surface area contributed by atoms with Crippen LogP contribution in [0.25, 0.3) is 0 Å². The molecule has 0 amide bonds. The van der Waals surface area contributed by atoms with Gasteiger partial charge in [0.15, 0.2) is 0 Å². The van der Waals surface area contributed by atoms with Crippen LogP contribution in [0.2, 0.25) is 0 Å². The van der Waals surface area contributed by atoms with E-state index >= 15 is 0 Å². The van der Waals surface area contributed by atoms with E-state index in [1.54, 1.807) is 0 Å². The molecule has 0 radical (unpaired) electrons. The van der Waals surface area contributed by atoms with Gasteiger partial charge < -0.3 is 26.2 Å². The molecule has 0 rings (SSSR count). The predicted octanol–water partition coefficient (Wildman–Crippen LogP) is -4.04. The first kappa shape index (κ1) is 13.6. The fourth-order valence-corrected chi connectivity index (χ4v) is 0.150. The Morgan fingerprint density at radius 3 is 1.18 bits per heavy atom. The molecule has 0 bridgehead atoms. The lowest BCUT2D eigenvalue weighted by molar-refractivity contribution is 0.0698. The molecule has 0 aliphatic heterocycles. The van der Waals surface area contributed by atoms with E-state index < -0.39 is 25.4 Å². The van der Waals surface area contributed by atoms with Gasteiger partial charge in [-0.1, -0.05) is 0 Å².